The fraction of sp³-hybridized carbons (Fsp3) is 0.238. The zero-order valence-electron chi connectivity index (χ0n) is 16.8. The number of hydrogen-bond donors (Lipinski definition) is 1. The molecule has 6 nitrogen and oxygen atoms in total. The minimum absolute atomic E-state index is 0.106. The van der Waals surface area contributed by atoms with Crippen LogP contribution in [-0.2, 0) is 14.8 Å². The molecule has 1 N–H and O–H groups in total. The summed E-state index contributed by atoms with van der Waals surface area (Å²) in [5, 5.41) is 4.37. The molecule has 0 unspecified atom stereocenters. The van der Waals surface area contributed by atoms with Crippen molar-refractivity contribution in [2.75, 3.05) is 25.2 Å². The average Bonchev–Trinajstić information content (AvgIpc) is 2.68. The van der Waals surface area contributed by atoms with E-state index in [0.717, 1.165) is 27.2 Å². The molecular formula is C21H23N3O3S2. The predicted octanol–water partition coefficient (Wildman–Crippen LogP) is 3.83. The first-order valence-corrected chi connectivity index (χ1v) is 11.4. The Kier molecular flexibility index (Phi) is 6.26. The summed E-state index contributed by atoms with van der Waals surface area (Å²) in [6.45, 7) is 3.90. The number of fused-ring (bicyclic) bond motifs is 1. The summed E-state index contributed by atoms with van der Waals surface area (Å²) in [6.07, 6.45) is 0. The standard InChI is InChI=1S/C21H23N3O3S2/c1-14-5-7-16(8-6-14)22-20(25)13-28-21-11-15(2)18-12-17(9-10-19(18)23-21)29(26,27)24(3)4/h5-12H,13H2,1-4H3,(H,22,25). The first kappa shape index (κ1) is 21.3. The van der Waals surface area contributed by atoms with Gasteiger partial charge in [0.1, 0.15) is 0 Å². The van der Waals surface area contributed by atoms with E-state index in [9.17, 15) is 13.2 Å². The first-order valence-electron chi connectivity index (χ1n) is 9.00. The van der Waals surface area contributed by atoms with Crippen LogP contribution in [0.15, 0.2) is 58.5 Å². The number of anilines is 1. The van der Waals surface area contributed by atoms with Gasteiger partial charge in [-0.05, 0) is 55.8 Å². The second-order valence-electron chi connectivity index (χ2n) is 6.95. The van der Waals surface area contributed by atoms with Crippen LogP contribution in [0.5, 0.6) is 0 Å². The van der Waals surface area contributed by atoms with Crippen LogP contribution >= 0.6 is 11.8 Å². The van der Waals surface area contributed by atoms with E-state index in [1.165, 1.54) is 30.2 Å². The van der Waals surface area contributed by atoms with Crippen molar-refractivity contribution in [2.45, 2.75) is 23.8 Å². The van der Waals surface area contributed by atoms with Crippen molar-refractivity contribution in [3.05, 3.63) is 59.7 Å². The van der Waals surface area contributed by atoms with E-state index >= 15 is 0 Å². The second-order valence-corrected chi connectivity index (χ2v) is 10.1. The van der Waals surface area contributed by atoms with E-state index in [0.29, 0.717) is 5.52 Å². The fourth-order valence-corrected chi connectivity index (χ4v) is 4.46. The number of nitrogens with one attached hydrogen (secondary N) is 1. The molecule has 2 aromatic carbocycles. The highest BCUT2D eigenvalue weighted by Crippen LogP contribution is 2.26. The zero-order valence-corrected chi connectivity index (χ0v) is 18.4. The molecule has 0 aliphatic carbocycles. The van der Waals surface area contributed by atoms with Gasteiger partial charge in [0.15, 0.2) is 0 Å². The fourth-order valence-electron chi connectivity index (χ4n) is 2.76. The Morgan fingerprint density at radius 3 is 2.41 bits per heavy atom. The highest BCUT2D eigenvalue weighted by molar-refractivity contribution is 7.99. The lowest BCUT2D eigenvalue weighted by Crippen LogP contribution is -2.22. The molecule has 29 heavy (non-hydrogen) atoms. The molecule has 152 valence electrons. The minimum atomic E-state index is -3.50. The smallest absolute Gasteiger partial charge is 0.242 e. The maximum absolute atomic E-state index is 12.4. The normalized spacial score (nSPS) is 11.8. The van der Waals surface area contributed by atoms with Gasteiger partial charge < -0.3 is 5.32 Å². The zero-order chi connectivity index (χ0) is 21.2. The molecule has 0 saturated heterocycles. The third kappa shape index (κ3) is 4.95. The van der Waals surface area contributed by atoms with E-state index in [1.807, 2.05) is 44.2 Å². The van der Waals surface area contributed by atoms with Crippen LogP contribution in [0.1, 0.15) is 11.1 Å². The monoisotopic (exact) mass is 429 g/mol. The van der Waals surface area contributed by atoms with Crippen molar-refractivity contribution in [3.63, 3.8) is 0 Å². The van der Waals surface area contributed by atoms with E-state index in [4.69, 9.17) is 0 Å². The molecule has 0 radical (unpaired) electrons. The molecule has 0 fully saturated rings. The van der Waals surface area contributed by atoms with Crippen LogP contribution in [0.4, 0.5) is 5.69 Å². The van der Waals surface area contributed by atoms with Gasteiger partial charge in [-0.1, -0.05) is 29.5 Å². The van der Waals surface area contributed by atoms with Crippen molar-refractivity contribution < 1.29 is 13.2 Å². The number of carbonyl (C=O) groups excluding carboxylic acids is 1. The van der Waals surface area contributed by atoms with Crippen LogP contribution in [-0.4, -0.2) is 43.5 Å². The summed E-state index contributed by atoms with van der Waals surface area (Å²) < 4.78 is 25.9. The van der Waals surface area contributed by atoms with Crippen LogP contribution in [0.25, 0.3) is 10.9 Å². The van der Waals surface area contributed by atoms with Crippen molar-refractivity contribution in [1.82, 2.24) is 9.29 Å². The molecule has 1 aromatic heterocycles. The molecule has 3 rings (SSSR count). The van der Waals surface area contributed by atoms with E-state index in [-0.39, 0.29) is 16.6 Å². The maximum atomic E-state index is 12.4. The highest BCUT2D eigenvalue weighted by atomic mass is 32.2. The Morgan fingerprint density at radius 2 is 1.76 bits per heavy atom. The number of hydrogen-bond acceptors (Lipinski definition) is 5. The van der Waals surface area contributed by atoms with Crippen LogP contribution in [0.3, 0.4) is 0 Å². The minimum Gasteiger partial charge on any atom is -0.325 e. The quantitative estimate of drug-likeness (QED) is 0.603. The number of thioether (sulfide) groups is 1. The van der Waals surface area contributed by atoms with Gasteiger partial charge in [-0.15, -0.1) is 0 Å². The molecule has 1 heterocycles. The van der Waals surface area contributed by atoms with Gasteiger partial charge in [-0.25, -0.2) is 17.7 Å². The Morgan fingerprint density at radius 1 is 1.07 bits per heavy atom. The third-order valence-electron chi connectivity index (χ3n) is 4.43. The number of benzene rings is 2. The molecule has 0 aliphatic heterocycles. The number of aromatic nitrogens is 1. The third-order valence-corrected chi connectivity index (χ3v) is 7.15. The van der Waals surface area contributed by atoms with E-state index in [2.05, 4.69) is 10.3 Å². The molecule has 0 saturated carbocycles. The van der Waals surface area contributed by atoms with Crippen LogP contribution in [0, 0.1) is 13.8 Å². The number of nitrogens with zero attached hydrogens (tertiary/aromatic N) is 2. The Balaban J connectivity index is 1.75. The van der Waals surface area contributed by atoms with Gasteiger partial charge in [0.25, 0.3) is 0 Å². The Labute approximate surface area is 175 Å². The summed E-state index contributed by atoms with van der Waals surface area (Å²) in [7, 11) is -0.490. The largest absolute Gasteiger partial charge is 0.325 e. The highest BCUT2D eigenvalue weighted by Gasteiger charge is 2.18. The summed E-state index contributed by atoms with van der Waals surface area (Å²) in [6, 6.07) is 14.4. The van der Waals surface area contributed by atoms with Gasteiger partial charge in [0, 0.05) is 25.2 Å². The summed E-state index contributed by atoms with van der Waals surface area (Å²) in [4.78, 5) is 17.0. The number of pyridine rings is 1. The van der Waals surface area contributed by atoms with Gasteiger partial charge in [-0.2, -0.15) is 0 Å². The summed E-state index contributed by atoms with van der Waals surface area (Å²) in [5.41, 5.74) is 3.50. The van der Waals surface area contributed by atoms with Gasteiger partial charge in [0.2, 0.25) is 15.9 Å². The van der Waals surface area contributed by atoms with Gasteiger partial charge in [-0.3, -0.25) is 4.79 Å². The molecule has 0 spiro atoms. The van der Waals surface area contributed by atoms with Crippen molar-refractivity contribution in [3.8, 4) is 0 Å². The number of sulfonamides is 1. The lowest BCUT2D eigenvalue weighted by atomic mass is 10.1. The SMILES string of the molecule is Cc1ccc(NC(=O)CSc2cc(C)c3cc(S(=O)(=O)N(C)C)ccc3n2)cc1. The van der Waals surface area contributed by atoms with Crippen LogP contribution < -0.4 is 5.32 Å². The van der Waals surface area contributed by atoms with Crippen molar-refractivity contribution >= 4 is 44.3 Å². The molecule has 0 aliphatic rings. The number of carbonyl (C=O) groups is 1. The number of amides is 1. The molecule has 1 amide bonds. The first-order chi connectivity index (χ1) is 13.7. The molecular weight excluding hydrogens is 406 g/mol. The number of rotatable bonds is 6. The van der Waals surface area contributed by atoms with Gasteiger partial charge in [0.05, 0.1) is 21.2 Å². The molecule has 8 heteroatoms. The van der Waals surface area contributed by atoms with E-state index < -0.39 is 10.0 Å². The summed E-state index contributed by atoms with van der Waals surface area (Å²) >= 11 is 1.34. The lowest BCUT2D eigenvalue weighted by molar-refractivity contribution is -0.113. The van der Waals surface area contributed by atoms with Crippen LogP contribution in [0.2, 0.25) is 0 Å². The Hall–Kier alpha value is -2.42. The maximum Gasteiger partial charge on any atom is 0.242 e. The predicted molar refractivity (Wildman–Crippen MR) is 118 cm³/mol. The average molecular weight is 430 g/mol. The van der Waals surface area contributed by atoms with Crippen molar-refractivity contribution in [1.29, 1.82) is 0 Å². The van der Waals surface area contributed by atoms with E-state index in [1.54, 1.807) is 18.2 Å². The number of aryl methyl sites for hydroxylation is 2. The Bertz CT molecular complexity index is 1160. The van der Waals surface area contributed by atoms with Gasteiger partial charge >= 0.3 is 0 Å². The molecule has 0 atom stereocenters. The summed E-state index contributed by atoms with van der Waals surface area (Å²) in [5.74, 6) is 0.129. The lowest BCUT2D eigenvalue weighted by Gasteiger charge is -2.13. The second kappa shape index (κ2) is 8.52. The molecule has 0 bridgehead atoms. The molecule has 3 aromatic rings. The van der Waals surface area contributed by atoms with Crippen molar-refractivity contribution in [2.24, 2.45) is 0 Å². The topological polar surface area (TPSA) is 79.4 Å².